The third kappa shape index (κ3) is 1.65. The number of aromatic hydroxyl groups is 2. The van der Waals surface area contributed by atoms with Gasteiger partial charge in [0.15, 0.2) is 17.2 Å². The van der Waals surface area contributed by atoms with Gasteiger partial charge in [-0.05, 0) is 6.07 Å². The minimum atomic E-state index is -0.606. The van der Waals surface area contributed by atoms with Crippen LogP contribution in [0.4, 0.5) is 0 Å². The number of hydrogen-bond donors (Lipinski definition) is 3. The number of hydrogen-bond acceptors (Lipinski definition) is 5. The molecule has 0 unspecified atom stereocenters. The molecule has 1 amide bonds. The summed E-state index contributed by atoms with van der Waals surface area (Å²) >= 11 is 0. The normalized spacial score (nSPS) is 10.6. The Morgan fingerprint density at radius 1 is 1.33 bits per heavy atom. The third-order valence-electron chi connectivity index (χ3n) is 2.59. The average molecular weight is 249 g/mol. The number of rotatable bonds is 1. The Balaban J connectivity index is 2.90. The van der Waals surface area contributed by atoms with Crippen molar-refractivity contribution in [1.29, 1.82) is 0 Å². The van der Waals surface area contributed by atoms with E-state index in [1.54, 1.807) is 0 Å². The molecular weight excluding hydrogens is 238 g/mol. The van der Waals surface area contributed by atoms with Gasteiger partial charge in [0, 0.05) is 20.2 Å². The molecular formula is C11H11N3O4. The van der Waals surface area contributed by atoms with Gasteiger partial charge in [0.2, 0.25) is 5.43 Å². The van der Waals surface area contributed by atoms with Crippen LogP contribution in [0.3, 0.4) is 0 Å². The van der Waals surface area contributed by atoms with Crippen molar-refractivity contribution in [2.24, 2.45) is 7.05 Å². The predicted octanol–water partition coefficient (Wildman–Crippen LogP) is -0.296. The quantitative estimate of drug-likeness (QED) is 0.602. The van der Waals surface area contributed by atoms with Crippen LogP contribution >= 0.6 is 0 Å². The molecule has 7 nitrogen and oxygen atoms in total. The molecule has 0 fully saturated rings. The largest absolute Gasteiger partial charge is 0.504 e. The van der Waals surface area contributed by atoms with Crippen molar-refractivity contribution in [3.8, 4) is 11.5 Å². The number of nitrogens with zero attached hydrogens (tertiary/aromatic N) is 2. The molecule has 7 heteroatoms. The minimum absolute atomic E-state index is 0.112. The molecule has 0 radical (unpaired) electrons. The van der Waals surface area contributed by atoms with Gasteiger partial charge < -0.3 is 15.5 Å². The van der Waals surface area contributed by atoms with Gasteiger partial charge in [0.1, 0.15) is 0 Å². The first-order valence-corrected chi connectivity index (χ1v) is 5.10. The van der Waals surface area contributed by atoms with E-state index in [1.807, 2.05) is 0 Å². The summed E-state index contributed by atoms with van der Waals surface area (Å²) in [5, 5.41) is 25.1. The molecule has 2 aromatic rings. The Kier molecular flexibility index (Phi) is 2.66. The second kappa shape index (κ2) is 4.02. The maximum Gasteiger partial charge on any atom is 0.275 e. The molecule has 18 heavy (non-hydrogen) atoms. The summed E-state index contributed by atoms with van der Waals surface area (Å²) in [6, 6.07) is 2.33. The Hall–Kier alpha value is -2.57. The molecule has 0 saturated carbocycles. The molecule has 1 aromatic carbocycles. The van der Waals surface area contributed by atoms with Gasteiger partial charge in [-0.2, -0.15) is 5.10 Å². The van der Waals surface area contributed by atoms with Crippen molar-refractivity contribution in [2.75, 3.05) is 7.05 Å². The smallest absolute Gasteiger partial charge is 0.275 e. The van der Waals surface area contributed by atoms with Crippen LogP contribution in [-0.2, 0) is 7.05 Å². The predicted molar refractivity (Wildman–Crippen MR) is 63.7 cm³/mol. The summed E-state index contributed by atoms with van der Waals surface area (Å²) in [5.74, 6) is -1.38. The van der Waals surface area contributed by atoms with Crippen molar-refractivity contribution in [2.45, 2.75) is 0 Å². The van der Waals surface area contributed by atoms with E-state index in [0.717, 1.165) is 6.07 Å². The Labute approximate surface area is 101 Å². The van der Waals surface area contributed by atoms with Crippen molar-refractivity contribution < 1.29 is 15.0 Å². The van der Waals surface area contributed by atoms with Crippen LogP contribution in [0.2, 0.25) is 0 Å². The monoisotopic (exact) mass is 249 g/mol. The van der Waals surface area contributed by atoms with Crippen LogP contribution in [0, 0.1) is 0 Å². The second-order valence-electron chi connectivity index (χ2n) is 3.74. The van der Waals surface area contributed by atoms with Crippen molar-refractivity contribution in [1.82, 2.24) is 15.1 Å². The lowest BCUT2D eigenvalue weighted by Crippen LogP contribution is -2.29. The SMILES string of the molecule is CNC(=O)c1nn(C)c2cc(O)c(O)cc2c1=O. The van der Waals surface area contributed by atoms with Crippen molar-refractivity contribution in [3.63, 3.8) is 0 Å². The van der Waals surface area contributed by atoms with E-state index < -0.39 is 17.1 Å². The van der Waals surface area contributed by atoms with E-state index in [-0.39, 0.29) is 16.8 Å². The molecule has 3 N–H and O–H groups in total. The molecule has 0 saturated heterocycles. The van der Waals surface area contributed by atoms with Gasteiger partial charge in [-0.15, -0.1) is 0 Å². The highest BCUT2D eigenvalue weighted by atomic mass is 16.3. The Morgan fingerprint density at radius 3 is 2.56 bits per heavy atom. The number of aromatic nitrogens is 2. The van der Waals surface area contributed by atoms with Gasteiger partial charge in [0.05, 0.1) is 10.9 Å². The Morgan fingerprint density at radius 2 is 1.94 bits per heavy atom. The number of aryl methyl sites for hydroxylation is 1. The molecule has 0 aliphatic carbocycles. The van der Waals surface area contributed by atoms with Crippen LogP contribution in [0.25, 0.3) is 10.9 Å². The number of phenolic OH excluding ortho intramolecular Hbond substituents is 2. The number of phenols is 2. The molecule has 1 aromatic heterocycles. The van der Waals surface area contributed by atoms with E-state index in [4.69, 9.17) is 0 Å². The standard InChI is InChI=1S/C11H11N3O4/c1-12-11(18)9-10(17)5-3-7(15)8(16)4-6(5)14(2)13-9/h3-4,15-16H,1-2H3,(H,12,18). The zero-order chi connectivity index (χ0) is 13.4. The van der Waals surface area contributed by atoms with E-state index in [9.17, 15) is 19.8 Å². The molecule has 2 rings (SSSR count). The molecule has 0 atom stereocenters. The van der Waals surface area contributed by atoms with E-state index in [0.29, 0.717) is 5.52 Å². The molecule has 0 bridgehead atoms. The summed E-state index contributed by atoms with van der Waals surface area (Å²) in [4.78, 5) is 23.5. The highest BCUT2D eigenvalue weighted by Gasteiger charge is 2.16. The summed E-state index contributed by atoms with van der Waals surface area (Å²) in [6.45, 7) is 0. The molecule has 94 valence electrons. The maximum absolute atomic E-state index is 12.0. The van der Waals surface area contributed by atoms with Crippen LogP contribution < -0.4 is 10.7 Å². The fourth-order valence-corrected chi connectivity index (χ4v) is 1.66. The Bertz CT molecular complexity index is 705. The first-order valence-electron chi connectivity index (χ1n) is 5.10. The zero-order valence-corrected chi connectivity index (χ0v) is 9.76. The minimum Gasteiger partial charge on any atom is -0.504 e. The average Bonchev–Trinajstić information content (AvgIpc) is 2.35. The summed E-state index contributed by atoms with van der Waals surface area (Å²) in [6.07, 6.45) is 0. The molecule has 0 spiro atoms. The van der Waals surface area contributed by atoms with Crippen molar-refractivity contribution >= 4 is 16.8 Å². The number of benzene rings is 1. The van der Waals surface area contributed by atoms with Gasteiger partial charge in [0.25, 0.3) is 5.91 Å². The zero-order valence-electron chi connectivity index (χ0n) is 9.76. The molecule has 0 aliphatic heterocycles. The van der Waals surface area contributed by atoms with Gasteiger partial charge in [-0.25, -0.2) is 0 Å². The highest BCUT2D eigenvalue weighted by Crippen LogP contribution is 2.28. The molecule has 1 heterocycles. The highest BCUT2D eigenvalue weighted by molar-refractivity contribution is 5.95. The van der Waals surface area contributed by atoms with Gasteiger partial charge >= 0.3 is 0 Å². The van der Waals surface area contributed by atoms with Gasteiger partial charge in [-0.3, -0.25) is 14.3 Å². The fourth-order valence-electron chi connectivity index (χ4n) is 1.66. The lowest BCUT2D eigenvalue weighted by molar-refractivity contribution is 0.0955. The topological polar surface area (TPSA) is 104 Å². The van der Waals surface area contributed by atoms with E-state index in [1.165, 1.54) is 24.8 Å². The number of amides is 1. The third-order valence-corrected chi connectivity index (χ3v) is 2.59. The van der Waals surface area contributed by atoms with Gasteiger partial charge in [-0.1, -0.05) is 0 Å². The van der Waals surface area contributed by atoms with Crippen LogP contribution in [-0.4, -0.2) is 32.9 Å². The number of carbonyl (C=O) groups is 1. The van der Waals surface area contributed by atoms with Crippen molar-refractivity contribution in [3.05, 3.63) is 28.0 Å². The fraction of sp³-hybridized carbons (Fsp3) is 0.182. The maximum atomic E-state index is 12.0. The summed E-state index contributed by atoms with van der Waals surface area (Å²) < 4.78 is 1.29. The number of fused-ring (bicyclic) bond motifs is 1. The first-order chi connectivity index (χ1) is 8.45. The number of nitrogens with one attached hydrogen (secondary N) is 1. The summed E-state index contributed by atoms with van der Waals surface area (Å²) in [5.41, 5.74) is -0.543. The van der Waals surface area contributed by atoms with E-state index in [2.05, 4.69) is 10.4 Å². The first kappa shape index (κ1) is 11.9. The second-order valence-corrected chi connectivity index (χ2v) is 3.74. The van der Waals surface area contributed by atoms with Crippen LogP contribution in [0.15, 0.2) is 16.9 Å². The lowest BCUT2D eigenvalue weighted by Gasteiger charge is -2.08. The summed E-state index contributed by atoms with van der Waals surface area (Å²) in [7, 11) is 2.92. The molecule has 0 aliphatic rings. The van der Waals surface area contributed by atoms with E-state index >= 15 is 0 Å². The lowest BCUT2D eigenvalue weighted by atomic mass is 10.1. The van der Waals surface area contributed by atoms with Crippen LogP contribution in [0.5, 0.6) is 11.5 Å². The number of carbonyl (C=O) groups excluding carboxylic acids is 1. The van der Waals surface area contributed by atoms with Crippen LogP contribution in [0.1, 0.15) is 10.5 Å².